The standard InChI is InChI=1S/C28H31N3O2/c1-31(19-20-33-26-15-9-4-10-16-26)18-17-25(21-31)30-22-28(29-27(30)32,23-11-5-2-6-12-23)24-13-7-3-8-14-24/h2-16,25H,17-22H2,1H3/p+1/t25-,31?/m1/s1. The summed E-state index contributed by atoms with van der Waals surface area (Å²) in [6.45, 7) is 4.26. The molecule has 5 rings (SSSR count). The number of carbonyl (C=O) groups is 1. The van der Waals surface area contributed by atoms with E-state index in [9.17, 15) is 4.79 Å². The number of amides is 2. The molecule has 1 N–H and O–H groups in total. The first-order valence-corrected chi connectivity index (χ1v) is 11.8. The van der Waals surface area contributed by atoms with Crippen molar-refractivity contribution in [1.82, 2.24) is 10.2 Å². The van der Waals surface area contributed by atoms with Gasteiger partial charge in [-0.25, -0.2) is 4.79 Å². The number of rotatable bonds is 7. The van der Waals surface area contributed by atoms with Crippen LogP contribution in [0, 0.1) is 0 Å². The van der Waals surface area contributed by atoms with Crippen molar-refractivity contribution >= 4 is 6.03 Å². The van der Waals surface area contributed by atoms with Crippen molar-refractivity contribution in [3.05, 3.63) is 102 Å². The van der Waals surface area contributed by atoms with Crippen LogP contribution in [0.2, 0.25) is 0 Å². The molecular formula is C28H32N3O2+. The summed E-state index contributed by atoms with van der Waals surface area (Å²) in [6.07, 6.45) is 1.01. The molecule has 0 saturated carbocycles. The van der Waals surface area contributed by atoms with Gasteiger partial charge in [0.2, 0.25) is 0 Å². The van der Waals surface area contributed by atoms with Gasteiger partial charge in [-0.15, -0.1) is 0 Å². The molecule has 2 amide bonds. The zero-order valence-corrected chi connectivity index (χ0v) is 19.2. The van der Waals surface area contributed by atoms with E-state index in [1.165, 1.54) is 0 Å². The largest absolute Gasteiger partial charge is 0.488 e. The number of nitrogens with zero attached hydrogens (tertiary/aromatic N) is 2. The second-order valence-electron chi connectivity index (χ2n) is 9.55. The number of para-hydroxylation sites is 1. The predicted octanol–water partition coefficient (Wildman–Crippen LogP) is 4.25. The zero-order chi connectivity index (χ0) is 22.7. The van der Waals surface area contributed by atoms with Gasteiger partial charge in [-0.05, 0) is 23.3 Å². The van der Waals surface area contributed by atoms with E-state index in [0.29, 0.717) is 13.2 Å². The van der Waals surface area contributed by atoms with Crippen LogP contribution in [0.25, 0.3) is 0 Å². The number of hydrogen-bond acceptors (Lipinski definition) is 2. The van der Waals surface area contributed by atoms with E-state index in [0.717, 1.165) is 47.4 Å². The van der Waals surface area contributed by atoms with E-state index in [1.54, 1.807) is 0 Å². The molecule has 2 heterocycles. The maximum Gasteiger partial charge on any atom is 0.319 e. The first-order chi connectivity index (χ1) is 16.1. The second-order valence-corrected chi connectivity index (χ2v) is 9.55. The number of carbonyl (C=O) groups excluding carboxylic acids is 1. The third kappa shape index (κ3) is 4.33. The molecule has 2 aliphatic heterocycles. The van der Waals surface area contributed by atoms with E-state index in [1.807, 2.05) is 66.7 Å². The van der Waals surface area contributed by atoms with Crippen LogP contribution in [0.3, 0.4) is 0 Å². The van der Waals surface area contributed by atoms with Crippen LogP contribution in [0.15, 0.2) is 91.0 Å². The lowest BCUT2D eigenvalue weighted by Gasteiger charge is -2.32. The lowest BCUT2D eigenvalue weighted by molar-refractivity contribution is -0.898. The highest BCUT2D eigenvalue weighted by atomic mass is 16.5. The van der Waals surface area contributed by atoms with Crippen molar-refractivity contribution < 1.29 is 14.0 Å². The molecule has 0 radical (unpaired) electrons. The maximum absolute atomic E-state index is 13.3. The second kappa shape index (κ2) is 8.91. The Hall–Kier alpha value is -3.31. The summed E-state index contributed by atoms with van der Waals surface area (Å²) < 4.78 is 6.88. The Bertz CT molecular complexity index is 1030. The molecule has 1 unspecified atom stereocenters. The Kier molecular flexibility index (Phi) is 5.81. The molecule has 3 aromatic rings. The summed E-state index contributed by atoms with van der Waals surface area (Å²) in [6, 6.07) is 30.9. The van der Waals surface area contributed by atoms with E-state index in [-0.39, 0.29) is 12.1 Å². The number of likely N-dealkylation sites (N-methyl/N-ethyl adjacent to an activating group) is 1. The monoisotopic (exact) mass is 442 g/mol. The molecule has 5 nitrogen and oxygen atoms in total. The molecular weight excluding hydrogens is 410 g/mol. The minimum atomic E-state index is -0.526. The molecule has 0 bridgehead atoms. The summed E-state index contributed by atoms with van der Waals surface area (Å²) in [4.78, 5) is 15.4. The maximum atomic E-state index is 13.3. The van der Waals surface area contributed by atoms with Gasteiger partial charge in [0.25, 0.3) is 0 Å². The Balaban J connectivity index is 1.31. The third-order valence-corrected chi connectivity index (χ3v) is 7.26. The summed E-state index contributed by atoms with van der Waals surface area (Å²) in [7, 11) is 2.28. The van der Waals surface area contributed by atoms with Gasteiger partial charge in [0.15, 0.2) is 0 Å². The normalized spacial score (nSPS) is 24.0. The summed E-state index contributed by atoms with van der Waals surface area (Å²) in [5.41, 5.74) is 1.72. The fourth-order valence-corrected chi connectivity index (χ4v) is 5.37. The quantitative estimate of drug-likeness (QED) is 0.556. The molecule has 0 aromatic heterocycles. The molecule has 5 heteroatoms. The van der Waals surface area contributed by atoms with Crippen LogP contribution in [-0.4, -0.2) is 61.3 Å². The van der Waals surface area contributed by atoms with Gasteiger partial charge in [-0.1, -0.05) is 78.9 Å². The molecule has 3 aromatic carbocycles. The third-order valence-electron chi connectivity index (χ3n) is 7.26. The Morgan fingerprint density at radius 3 is 2.12 bits per heavy atom. The number of urea groups is 1. The lowest BCUT2D eigenvalue weighted by atomic mass is 9.83. The van der Waals surface area contributed by atoms with Crippen molar-refractivity contribution in [3.8, 4) is 5.75 Å². The fourth-order valence-electron chi connectivity index (χ4n) is 5.37. The highest BCUT2D eigenvalue weighted by Crippen LogP contribution is 2.37. The van der Waals surface area contributed by atoms with E-state index < -0.39 is 5.54 Å². The molecule has 0 aliphatic carbocycles. The smallest absolute Gasteiger partial charge is 0.319 e. The lowest BCUT2D eigenvalue weighted by Crippen LogP contribution is -2.48. The van der Waals surface area contributed by atoms with Crippen molar-refractivity contribution in [2.75, 3.05) is 39.8 Å². The number of nitrogens with one attached hydrogen (secondary N) is 1. The van der Waals surface area contributed by atoms with Crippen LogP contribution in [0.5, 0.6) is 5.75 Å². The first-order valence-electron chi connectivity index (χ1n) is 11.8. The summed E-state index contributed by atoms with van der Waals surface area (Å²) in [5.74, 6) is 0.911. The Labute approximate surface area is 196 Å². The van der Waals surface area contributed by atoms with E-state index in [2.05, 4.69) is 41.5 Å². The Morgan fingerprint density at radius 2 is 1.52 bits per heavy atom. The number of benzene rings is 3. The van der Waals surface area contributed by atoms with Crippen LogP contribution in [-0.2, 0) is 5.54 Å². The average Bonchev–Trinajstić information content (AvgIpc) is 3.42. The molecule has 33 heavy (non-hydrogen) atoms. The van der Waals surface area contributed by atoms with Gasteiger partial charge in [0.05, 0.1) is 32.7 Å². The van der Waals surface area contributed by atoms with Crippen molar-refractivity contribution in [2.45, 2.75) is 18.0 Å². The van der Waals surface area contributed by atoms with Crippen LogP contribution in [0.4, 0.5) is 4.79 Å². The molecule has 2 atom stereocenters. The minimum absolute atomic E-state index is 0.0293. The zero-order valence-electron chi connectivity index (χ0n) is 19.2. The van der Waals surface area contributed by atoms with Crippen LogP contribution < -0.4 is 10.1 Å². The van der Waals surface area contributed by atoms with Crippen LogP contribution >= 0.6 is 0 Å². The SMILES string of the molecule is C[N+]1(CCOc2ccccc2)CC[C@@H](N2CC(c3ccccc3)(c3ccccc3)NC2=O)C1. The number of likely N-dealkylation sites (tertiary alicyclic amines) is 1. The van der Waals surface area contributed by atoms with Gasteiger partial charge in [-0.2, -0.15) is 0 Å². The topological polar surface area (TPSA) is 41.6 Å². The number of hydrogen-bond donors (Lipinski definition) is 1. The molecule has 2 aliphatic rings. The molecule has 2 saturated heterocycles. The van der Waals surface area contributed by atoms with Gasteiger partial charge in [0.1, 0.15) is 24.4 Å². The highest BCUT2D eigenvalue weighted by Gasteiger charge is 2.50. The van der Waals surface area contributed by atoms with Gasteiger partial charge >= 0.3 is 6.03 Å². The minimum Gasteiger partial charge on any atom is -0.488 e. The number of ether oxygens (including phenoxy) is 1. The summed E-state index contributed by atoms with van der Waals surface area (Å²) in [5, 5.41) is 3.37. The number of quaternary nitrogens is 1. The molecule has 0 spiro atoms. The van der Waals surface area contributed by atoms with Gasteiger partial charge in [-0.3, -0.25) is 0 Å². The molecule has 2 fully saturated rings. The van der Waals surface area contributed by atoms with Crippen molar-refractivity contribution in [2.24, 2.45) is 0 Å². The van der Waals surface area contributed by atoms with Gasteiger partial charge < -0.3 is 19.4 Å². The van der Waals surface area contributed by atoms with Gasteiger partial charge in [0, 0.05) is 6.42 Å². The van der Waals surface area contributed by atoms with Crippen molar-refractivity contribution in [3.63, 3.8) is 0 Å². The van der Waals surface area contributed by atoms with E-state index in [4.69, 9.17) is 4.74 Å². The average molecular weight is 443 g/mol. The Morgan fingerprint density at radius 1 is 0.939 bits per heavy atom. The fraction of sp³-hybridized carbons (Fsp3) is 0.321. The van der Waals surface area contributed by atoms with Crippen molar-refractivity contribution in [1.29, 1.82) is 0 Å². The van der Waals surface area contributed by atoms with E-state index >= 15 is 0 Å². The predicted molar refractivity (Wildman–Crippen MR) is 130 cm³/mol. The first kappa shape index (κ1) is 21.5. The summed E-state index contributed by atoms with van der Waals surface area (Å²) >= 11 is 0. The highest BCUT2D eigenvalue weighted by molar-refractivity contribution is 5.80. The van der Waals surface area contributed by atoms with Crippen LogP contribution in [0.1, 0.15) is 17.5 Å². The molecule has 170 valence electrons.